The van der Waals surface area contributed by atoms with Gasteiger partial charge in [0.05, 0.1) is 7.11 Å². The summed E-state index contributed by atoms with van der Waals surface area (Å²) in [5, 5.41) is 0. The predicted molar refractivity (Wildman–Crippen MR) is 85.8 cm³/mol. The molecular formula is C15H16BrNOS. The molecule has 0 heterocycles. The van der Waals surface area contributed by atoms with E-state index in [0.29, 0.717) is 0 Å². The summed E-state index contributed by atoms with van der Waals surface area (Å²) < 4.78 is 6.34. The summed E-state index contributed by atoms with van der Waals surface area (Å²) in [6.45, 7) is 2.03. The van der Waals surface area contributed by atoms with Crippen LogP contribution < -0.4 is 10.5 Å². The fraction of sp³-hybridized carbons (Fsp3) is 0.200. The lowest BCUT2D eigenvalue weighted by atomic mass is 10.2. The van der Waals surface area contributed by atoms with Gasteiger partial charge in [-0.3, -0.25) is 0 Å². The zero-order chi connectivity index (χ0) is 13.8. The Kier molecular flexibility index (Phi) is 4.77. The van der Waals surface area contributed by atoms with Crippen molar-refractivity contribution in [1.82, 2.24) is 0 Å². The molecule has 0 fully saturated rings. The van der Waals surface area contributed by atoms with Gasteiger partial charge in [-0.05, 0) is 42.3 Å². The number of anilines is 1. The van der Waals surface area contributed by atoms with Crippen LogP contribution in [-0.2, 0) is 5.75 Å². The number of halogens is 1. The van der Waals surface area contributed by atoms with Crippen LogP contribution in [0.15, 0.2) is 45.8 Å². The summed E-state index contributed by atoms with van der Waals surface area (Å²) in [5.41, 5.74) is 9.27. The molecule has 0 amide bonds. The minimum absolute atomic E-state index is 0.853. The molecule has 0 spiro atoms. The van der Waals surface area contributed by atoms with Gasteiger partial charge < -0.3 is 10.5 Å². The van der Waals surface area contributed by atoms with Crippen LogP contribution in [0.2, 0.25) is 0 Å². The van der Waals surface area contributed by atoms with Gasteiger partial charge in [-0.2, -0.15) is 0 Å². The number of aryl methyl sites for hydroxylation is 1. The normalized spacial score (nSPS) is 10.5. The molecule has 0 bridgehead atoms. The highest BCUT2D eigenvalue weighted by atomic mass is 79.9. The molecule has 2 rings (SSSR count). The van der Waals surface area contributed by atoms with E-state index >= 15 is 0 Å². The van der Waals surface area contributed by atoms with Crippen molar-refractivity contribution in [2.45, 2.75) is 17.6 Å². The van der Waals surface area contributed by atoms with E-state index in [2.05, 4.69) is 22.0 Å². The first-order valence-corrected chi connectivity index (χ1v) is 7.70. The average Bonchev–Trinajstić information content (AvgIpc) is 2.42. The van der Waals surface area contributed by atoms with Crippen LogP contribution in [0.25, 0.3) is 0 Å². The summed E-state index contributed by atoms with van der Waals surface area (Å²) in [7, 11) is 1.68. The molecule has 2 nitrogen and oxygen atoms in total. The lowest BCUT2D eigenvalue weighted by Crippen LogP contribution is -1.93. The monoisotopic (exact) mass is 337 g/mol. The third kappa shape index (κ3) is 3.45. The molecular weight excluding hydrogens is 322 g/mol. The Morgan fingerprint density at radius 1 is 1.26 bits per heavy atom. The highest BCUT2D eigenvalue weighted by Gasteiger charge is 2.06. The fourth-order valence-electron chi connectivity index (χ4n) is 1.72. The van der Waals surface area contributed by atoms with E-state index in [-0.39, 0.29) is 0 Å². The molecule has 100 valence electrons. The van der Waals surface area contributed by atoms with Crippen LogP contribution in [0.4, 0.5) is 5.69 Å². The predicted octanol–water partition coefficient (Wildman–Crippen LogP) is 4.64. The minimum Gasteiger partial charge on any atom is -0.497 e. The first-order chi connectivity index (χ1) is 9.11. The SMILES string of the molecule is COc1ccc(Br)c(CSc2cccc(C)c2N)c1. The minimum atomic E-state index is 0.853. The molecule has 2 aromatic rings. The lowest BCUT2D eigenvalue weighted by Gasteiger charge is -2.10. The number of para-hydroxylation sites is 1. The standard InChI is InChI=1S/C15H16BrNOS/c1-10-4-3-5-14(15(10)17)19-9-11-8-12(18-2)6-7-13(11)16/h3-8H,9,17H2,1-2H3. The number of hydrogen-bond donors (Lipinski definition) is 1. The quantitative estimate of drug-likeness (QED) is 0.651. The van der Waals surface area contributed by atoms with E-state index in [1.807, 2.05) is 37.3 Å². The first-order valence-electron chi connectivity index (χ1n) is 5.92. The first kappa shape index (κ1) is 14.3. The van der Waals surface area contributed by atoms with E-state index < -0.39 is 0 Å². The molecule has 0 aliphatic rings. The van der Waals surface area contributed by atoms with Crippen LogP contribution in [0.1, 0.15) is 11.1 Å². The average molecular weight is 338 g/mol. The summed E-state index contributed by atoms with van der Waals surface area (Å²) in [5.74, 6) is 1.72. The Bertz CT molecular complexity index is 586. The summed E-state index contributed by atoms with van der Waals surface area (Å²) in [6, 6.07) is 12.1. The van der Waals surface area contributed by atoms with E-state index in [0.717, 1.165) is 32.1 Å². The number of methoxy groups -OCH3 is 1. The van der Waals surface area contributed by atoms with Crippen molar-refractivity contribution in [2.75, 3.05) is 12.8 Å². The molecule has 0 unspecified atom stereocenters. The van der Waals surface area contributed by atoms with Crippen molar-refractivity contribution in [3.63, 3.8) is 0 Å². The van der Waals surface area contributed by atoms with E-state index in [1.165, 1.54) is 5.56 Å². The largest absolute Gasteiger partial charge is 0.497 e. The third-order valence-corrected chi connectivity index (χ3v) is 4.82. The number of ether oxygens (including phenoxy) is 1. The molecule has 4 heteroatoms. The van der Waals surface area contributed by atoms with Crippen LogP contribution in [-0.4, -0.2) is 7.11 Å². The number of nitrogens with two attached hydrogens (primary N) is 1. The summed E-state index contributed by atoms with van der Waals surface area (Å²) >= 11 is 5.30. The van der Waals surface area contributed by atoms with Gasteiger partial charge in [0.2, 0.25) is 0 Å². The summed E-state index contributed by atoms with van der Waals surface area (Å²) in [4.78, 5) is 1.12. The Morgan fingerprint density at radius 2 is 2.05 bits per heavy atom. The topological polar surface area (TPSA) is 35.2 Å². The molecule has 0 radical (unpaired) electrons. The van der Waals surface area contributed by atoms with Crippen molar-refractivity contribution >= 4 is 33.4 Å². The van der Waals surface area contributed by atoms with Gasteiger partial charge >= 0.3 is 0 Å². The lowest BCUT2D eigenvalue weighted by molar-refractivity contribution is 0.414. The van der Waals surface area contributed by atoms with Crippen LogP contribution >= 0.6 is 27.7 Å². The van der Waals surface area contributed by atoms with Crippen molar-refractivity contribution < 1.29 is 4.74 Å². The van der Waals surface area contributed by atoms with Gasteiger partial charge in [0.25, 0.3) is 0 Å². The molecule has 2 N–H and O–H groups in total. The van der Waals surface area contributed by atoms with E-state index in [1.54, 1.807) is 18.9 Å². The van der Waals surface area contributed by atoms with Crippen LogP contribution in [0.3, 0.4) is 0 Å². The highest BCUT2D eigenvalue weighted by Crippen LogP contribution is 2.33. The molecule has 0 aliphatic carbocycles. The van der Waals surface area contributed by atoms with Crippen LogP contribution in [0.5, 0.6) is 5.75 Å². The second kappa shape index (κ2) is 6.35. The maximum atomic E-state index is 6.08. The second-order valence-corrected chi connectivity index (χ2v) is 6.10. The Balaban J connectivity index is 2.16. The molecule has 19 heavy (non-hydrogen) atoms. The van der Waals surface area contributed by atoms with E-state index in [9.17, 15) is 0 Å². The molecule has 0 saturated heterocycles. The molecule has 0 aliphatic heterocycles. The molecule has 0 saturated carbocycles. The van der Waals surface area contributed by atoms with Gasteiger partial charge in [-0.25, -0.2) is 0 Å². The Morgan fingerprint density at radius 3 is 2.79 bits per heavy atom. The van der Waals surface area contributed by atoms with Gasteiger partial charge in [-0.1, -0.05) is 28.1 Å². The van der Waals surface area contributed by atoms with Gasteiger partial charge in [0, 0.05) is 20.8 Å². The number of rotatable bonds is 4. The highest BCUT2D eigenvalue weighted by molar-refractivity contribution is 9.10. The Labute approximate surface area is 126 Å². The van der Waals surface area contributed by atoms with Gasteiger partial charge in [0.15, 0.2) is 0 Å². The van der Waals surface area contributed by atoms with Crippen molar-refractivity contribution in [2.24, 2.45) is 0 Å². The Hall–Kier alpha value is -1.13. The zero-order valence-electron chi connectivity index (χ0n) is 10.9. The molecule has 0 aromatic heterocycles. The second-order valence-electron chi connectivity index (χ2n) is 4.23. The zero-order valence-corrected chi connectivity index (χ0v) is 13.3. The maximum absolute atomic E-state index is 6.08. The van der Waals surface area contributed by atoms with Crippen LogP contribution in [0, 0.1) is 6.92 Å². The third-order valence-electron chi connectivity index (χ3n) is 2.92. The number of nitrogen functional groups attached to an aromatic ring is 1. The van der Waals surface area contributed by atoms with Crippen molar-refractivity contribution in [3.05, 3.63) is 52.0 Å². The number of hydrogen-bond acceptors (Lipinski definition) is 3. The van der Waals surface area contributed by atoms with E-state index in [4.69, 9.17) is 10.5 Å². The smallest absolute Gasteiger partial charge is 0.119 e. The van der Waals surface area contributed by atoms with Gasteiger partial charge in [-0.15, -0.1) is 11.8 Å². The molecule has 0 atom stereocenters. The van der Waals surface area contributed by atoms with Crippen molar-refractivity contribution in [3.8, 4) is 5.75 Å². The van der Waals surface area contributed by atoms with Crippen molar-refractivity contribution in [1.29, 1.82) is 0 Å². The summed E-state index contributed by atoms with van der Waals surface area (Å²) in [6.07, 6.45) is 0. The number of thioether (sulfide) groups is 1. The molecule has 2 aromatic carbocycles. The van der Waals surface area contributed by atoms with Gasteiger partial charge in [0.1, 0.15) is 5.75 Å². The maximum Gasteiger partial charge on any atom is 0.119 e. The number of benzene rings is 2. The fourth-order valence-corrected chi connectivity index (χ4v) is 3.34.